The molecule has 0 nitrogen and oxygen atoms in total. The van der Waals surface area contributed by atoms with Gasteiger partial charge in [-0.05, 0) is 0 Å². The van der Waals surface area contributed by atoms with Gasteiger partial charge in [-0.25, -0.2) is 0 Å². The zero-order valence-corrected chi connectivity index (χ0v) is 13.7. The van der Waals surface area contributed by atoms with E-state index in [0.29, 0.717) is 14.5 Å². The summed E-state index contributed by atoms with van der Waals surface area (Å²) < 4.78 is 4.08. The summed E-state index contributed by atoms with van der Waals surface area (Å²) in [4.78, 5) is 0. The molecule has 0 spiro atoms. The Bertz CT molecular complexity index is 667. The van der Waals surface area contributed by atoms with E-state index in [4.69, 9.17) is 0 Å². The Kier molecular flexibility index (Phi) is 3.96. The van der Waals surface area contributed by atoms with E-state index in [1.165, 1.54) is 24.1 Å². The van der Waals surface area contributed by atoms with Crippen molar-refractivity contribution in [3.8, 4) is 20.0 Å². The molecule has 2 aromatic carbocycles. The molecule has 3 aromatic rings. The average molecular weight is 374 g/mol. The molecule has 0 saturated heterocycles. The SMILES string of the molecule is [Se]=c1cc(-c2ccccc2)[se]c(-c2ccccc2)c1. The van der Waals surface area contributed by atoms with Gasteiger partial charge >= 0.3 is 127 Å². The topological polar surface area (TPSA) is 0 Å². The predicted molar refractivity (Wildman–Crippen MR) is 83.3 cm³/mol. The summed E-state index contributed by atoms with van der Waals surface area (Å²) in [5.74, 6) is 0. The van der Waals surface area contributed by atoms with Crippen LogP contribution in [-0.2, 0) is 0 Å². The van der Waals surface area contributed by atoms with Crippen LogP contribution in [0.5, 0.6) is 0 Å². The van der Waals surface area contributed by atoms with E-state index in [9.17, 15) is 0 Å². The summed E-state index contributed by atoms with van der Waals surface area (Å²) in [5, 5.41) is 0. The van der Waals surface area contributed by atoms with Crippen molar-refractivity contribution in [2.75, 3.05) is 0 Å². The first-order valence-electron chi connectivity index (χ1n) is 6.09. The first-order chi connectivity index (χ1) is 9.33. The van der Waals surface area contributed by atoms with Gasteiger partial charge in [-0.15, -0.1) is 0 Å². The van der Waals surface area contributed by atoms with Gasteiger partial charge in [0.2, 0.25) is 0 Å². The molecular formula is C17H12Se2. The molecule has 0 unspecified atom stereocenters. The van der Waals surface area contributed by atoms with E-state index in [0.717, 1.165) is 0 Å². The van der Waals surface area contributed by atoms with E-state index >= 15 is 0 Å². The molecule has 0 saturated carbocycles. The van der Waals surface area contributed by atoms with Crippen LogP contribution in [0.4, 0.5) is 0 Å². The first kappa shape index (κ1) is 12.8. The molecule has 0 aliphatic rings. The molecule has 0 radical (unpaired) electrons. The molecule has 19 heavy (non-hydrogen) atoms. The van der Waals surface area contributed by atoms with Crippen molar-refractivity contribution in [1.82, 2.24) is 0 Å². The molecule has 0 N–H and O–H groups in total. The molecule has 0 amide bonds. The minimum atomic E-state index is 0.357. The number of benzene rings is 2. The van der Waals surface area contributed by atoms with Crippen LogP contribution < -0.4 is 0 Å². The molecule has 0 aliphatic carbocycles. The molecule has 0 aliphatic heterocycles. The van der Waals surface area contributed by atoms with E-state index in [1.54, 1.807) is 0 Å². The van der Waals surface area contributed by atoms with Crippen LogP contribution in [0.3, 0.4) is 0 Å². The van der Waals surface area contributed by atoms with Crippen LogP contribution in [0.1, 0.15) is 0 Å². The third-order valence-electron chi connectivity index (χ3n) is 2.88. The molecule has 0 fully saturated rings. The van der Waals surface area contributed by atoms with Crippen molar-refractivity contribution >= 4 is 30.1 Å². The first-order valence-corrected chi connectivity index (χ1v) is 8.66. The van der Waals surface area contributed by atoms with Crippen molar-refractivity contribution in [3.63, 3.8) is 0 Å². The van der Waals surface area contributed by atoms with E-state index in [-0.39, 0.29) is 0 Å². The molecule has 92 valence electrons. The number of hydrogen-bond acceptors (Lipinski definition) is 0. The third kappa shape index (κ3) is 3.05. The van der Waals surface area contributed by atoms with Gasteiger partial charge in [-0.2, -0.15) is 0 Å². The second kappa shape index (κ2) is 5.86. The van der Waals surface area contributed by atoms with Gasteiger partial charge in [0, 0.05) is 0 Å². The molecule has 3 rings (SSSR count). The van der Waals surface area contributed by atoms with E-state index in [1.807, 2.05) is 0 Å². The third-order valence-corrected chi connectivity index (χ3v) is 5.78. The second-order valence-electron chi connectivity index (χ2n) is 4.25. The molecule has 2 heteroatoms. The summed E-state index contributed by atoms with van der Waals surface area (Å²) in [7, 11) is 0. The van der Waals surface area contributed by atoms with Gasteiger partial charge in [0.05, 0.1) is 0 Å². The van der Waals surface area contributed by atoms with Gasteiger partial charge in [0.15, 0.2) is 0 Å². The Morgan fingerprint density at radius 1 is 0.632 bits per heavy atom. The van der Waals surface area contributed by atoms with Crippen LogP contribution in [0, 0.1) is 4.06 Å². The van der Waals surface area contributed by atoms with Crippen LogP contribution in [0.2, 0.25) is 0 Å². The average Bonchev–Trinajstić information content (AvgIpc) is 2.48. The van der Waals surface area contributed by atoms with Gasteiger partial charge in [0.25, 0.3) is 0 Å². The Morgan fingerprint density at radius 2 is 1.05 bits per heavy atom. The van der Waals surface area contributed by atoms with Crippen molar-refractivity contribution < 1.29 is 0 Å². The van der Waals surface area contributed by atoms with Crippen molar-refractivity contribution in [1.29, 1.82) is 0 Å². The van der Waals surface area contributed by atoms with Gasteiger partial charge in [0.1, 0.15) is 0 Å². The fourth-order valence-corrected chi connectivity index (χ4v) is 5.56. The fourth-order valence-electron chi connectivity index (χ4n) is 1.97. The summed E-state index contributed by atoms with van der Waals surface area (Å²) >= 11 is 3.51. The molecule has 1 heterocycles. The summed E-state index contributed by atoms with van der Waals surface area (Å²) in [6, 6.07) is 25.8. The van der Waals surface area contributed by atoms with Crippen LogP contribution in [0.25, 0.3) is 20.0 Å². The van der Waals surface area contributed by atoms with Crippen molar-refractivity contribution in [2.24, 2.45) is 0 Å². The Hall–Kier alpha value is -1.17. The van der Waals surface area contributed by atoms with Crippen molar-refractivity contribution in [2.45, 2.75) is 0 Å². The molecule has 0 bridgehead atoms. The van der Waals surface area contributed by atoms with Gasteiger partial charge < -0.3 is 0 Å². The maximum absolute atomic E-state index is 3.15. The molecule has 0 atom stereocenters. The summed E-state index contributed by atoms with van der Waals surface area (Å²) in [6.45, 7) is 0. The van der Waals surface area contributed by atoms with E-state index < -0.39 is 0 Å². The summed E-state index contributed by atoms with van der Waals surface area (Å²) in [6.07, 6.45) is 0. The maximum atomic E-state index is 3.15. The van der Waals surface area contributed by atoms with Crippen LogP contribution in [0.15, 0.2) is 72.8 Å². The zero-order valence-electron chi connectivity index (χ0n) is 10.2. The Labute approximate surface area is 126 Å². The second-order valence-corrected chi connectivity index (χ2v) is 7.52. The van der Waals surface area contributed by atoms with Crippen molar-refractivity contribution in [3.05, 3.63) is 76.9 Å². The normalized spacial score (nSPS) is 10.3. The Balaban J connectivity index is 2.15. The quantitative estimate of drug-likeness (QED) is 0.599. The van der Waals surface area contributed by atoms with Crippen LogP contribution >= 0.6 is 0 Å². The standard InChI is InChI=1S/C17H12Se2/c18-15-11-16(13-7-3-1-4-8-13)19-17(12-15)14-9-5-2-6-10-14/h1-12H. The van der Waals surface area contributed by atoms with Gasteiger partial charge in [-0.1, -0.05) is 0 Å². The summed E-state index contributed by atoms with van der Waals surface area (Å²) in [5.41, 5.74) is 2.66. The fraction of sp³-hybridized carbons (Fsp3) is 0. The van der Waals surface area contributed by atoms with E-state index in [2.05, 4.69) is 88.4 Å². The Morgan fingerprint density at radius 3 is 1.47 bits per heavy atom. The number of hydrogen-bond donors (Lipinski definition) is 0. The van der Waals surface area contributed by atoms with Crippen LogP contribution in [-0.4, -0.2) is 30.1 Å². The van der Waals surface area contributed by atoms with Gasteiger partial charge in [-0.3, -0.25) is 0 Å². The zero-order chi connectivity index (χ0) is 13.1. The molecular weight excluding hydrogens is 362 g/mol. The minimum absolute atomic E-state index is 0.357. The monoisotopic (exact) mass is 376 g/mol. The number of rotatable bonds is 2. The predicted octanol–water partition coefficient (Wildman–Crippen LogP) is 3.78. The molecule has 1 aromatic heterocycles.